The van der Waals surface area contributed by atoms with E-state index < -0.39 is 16.1 Å². The first-order valence-electron chi connectivity index (χ1n) is 8.25. The molecule has 0 amide bonds. The average molecular weight is 400 g/mol. The van der Waals surface area contributed by atoms with E-state index in [1.807, 2.05) is 10.3 Å². The van der Waals surface area contributed by atoms with E-state index in [0.717, 1.165) is 16.3 Å². The number of hydrogen-bond donors (Lipinski definition) is 1. The third kappa shape index (κ3) is 4.47. The molecule has 1 saturated heterocycles. The molecule has 1 fully saturated rings. The van der Waals surface area contributed by atoms with E-state index >= 15 is 0 Å². The third-order valence-corrected chi connectivity index (χ3v) is 7.31. The van der Waals surface area contributed by atoms with Gasteiger partial charge >= 0.3 is 0 Å². The maximum atomic E-state index is 13.0. The largest absolute Gasteiger partial charge is 0.391 e. The van der Waals surface area contributed by atoms with Crippen LogP contribution in [0.4, 0.5) is 4.39 Å². The van der Waals surface area contributed by atoms with Crippen molar-refractivity contribution < 1.29 is 17.9 Å². The maximum Gasteiger partial charge on any atom is 0.214 e. The number of thiazole rings is 1. The summed E-state index contributed by atoms with van der Waals surface area (Å²) < 4.78 is 38.3. The Morgan fingerprint density at radius 1 is 1.31 bits per heavy atom. The van der Waals surface area contributed by atoms with E-state index in [2.05, 4.69) is 4.98 Å². The van der Waals surface area contributed by atoms with Gasteiger partial charge in [-0.2, -0.15) is 0 Å². The highest BCUT2D eigenvalue weighted by Gasteiger charge is 2.35. The number of aliphatic hydroxyl groups excluding tert-OH is 1. The molecule has 2 heterocycles. The van der Waals surface area contributed by atoms with Crippen molar-refractivity contribution in [2.75, 3.05) is 32.9 Å². The highest BCUT2D eigenvalue weighted by molar-refractivity contribution is 7.89. The van der Waals surface area contributed by atoms with Crippen molar-refractivity contribution in [1.29, 1.82) is 0 Å². The molecule has 0 radical (unpaired) electrons. The number of sulfonamides is 1. The first-order chi connectivity index (χ1) is 12.2. The zero-order valence-corrected chi connectivity index (χ0v) is 16.3. The molecule has 142 valence electrons. The van der Waals surface area contributed by atoms with E-state index in [0.29, 0.717) is 19.6 Å². The van der Waals surface area contributed by atoms with Crippen LogP contribution in [-0.4, -0.2) is 66.8 Å². The van der Waals surface area contributed by atoms with E-state index in [1.54, 1.807) is 12.1 Å². The van der Waals surface area contributed by atoms with Gasteiger partial charge in [-0.05, 0) is 24.3 Å². The number of aliphatic hydroxyl groups is 1. The van der Waals surface area contributed by atoms with Crippen LogP contribution in [0.5, 0.6) is 0 Å². The number of nitrogens with zero attached hydrogens (tertiary/aromatic N) is 3. The van der Waals surface area contributed by atoms with E-state index in [1.165, 1.54) is 41.9 Å². The zero-order valence-electron chi connectivity index (χ0n) is 14.7. The Labute approximate surface area is 157 Å². The Morgan fingerprint density at radius 3 is 2.65 bits per heavy atom. The molecule has 0 unspecified atom stereocenters. The van der Waals surface area contributed by atoms with Crippen LogP contribution in [0.25, 0.3) is 11.3 Å². The minimum atomic E-state index is -3.34. The van der Waals surface area contributed by atoms with Gasteiger partial charge in [-0.15, -0.1) is 11.3 Å². The summed E-state index contributed by atoms with van der Waals surface area (Å²) in [5, 5.41) is 13.0. The molecular formula is C17H22FN3O3S2. The van der Waals surface area contributed by atoms with Crippen LogP contribution in [0.15, 0.2) is 29.6 Å². The summed E-state index contributed by atoms with van der Waals surface area (Å²) >= 11 is 1.50. The molecule has 2 atom stereocenters. The van der Waals surface area contributed by atoms with Gasteiger partial charge in [-0.3, -0.25) is 4.90 Å². The summed E-state index contributed by atoms with van der Waals surface area (Å²) in [6, 6.07) is 6.19. The monoisotopic (exact) mass is 399 g/mol. The minimum absolute atomic E-state index is 0.0592. The second-order valence-electron chi connectivity index (χ2n) is 6.72. The Bertz CT molecular complexity index is 852. The predicted octanol–water partition coefficient (Wildman–Crippen LogP) is 1.63. The van der Waals surface area contributed by atoms with Crippen LogP contribution >= 0.6 is 11.3 Å². The quantitative estimate of drug-likeness (QED) is 0.799. The zero-order chi connectivity index (χ0) is 18.9. The smallest absolute Gasteiger partial charge is 0.214 e. The molecule has 1 aromatic carbocycles. The summed E-state index contributed by atoms with van der Waals surface area (Å²) in [4.78, 5) is 6.59. The molecule has 0 bridgehead atoms. The molecule has 3 rings (SSSR count). The van der Waals surface area contributed by atoms with Crippen molar-refractivity contribution in [1.82, 2.24) is 14.2 Å². The number of likely N-dealkylation sites (tertiary alicyclic amines) is 1. The van der Waals surface area contributed by atoms with Crippen molar-refractivity contribution in [3.05, 3.63) is 40.5 Å². The van der Waals surface area contributed by atoms with Gasteiger partial charge in [-0.1, -0.05) is 0 Å². The molecule has 1 aliphatic rings. The Kier molecular flexibility index (Phi) is 5.73. The van der Waals surface area contributed by atoms with E-state index in [9.17, 15) is 17.9 Å². The van der Waals surface area contributed by atoms with Crippen LogP contribution < -0.4 is 0 Å². The Morgan fingerprint density at radius 2 is 2.00 bits per heavy atom. The summed E-state index contributed by atoms with van der Waals surface area (Å²) in [5.74, 6) is -0.649. The van der Waals surface area contributed by atoms with Crippen molar-refractivity contribution in [2.24, 2.45) is 5.92 Å². The minimum Gasteiger partial charge on any atom is -0.391 e. The lowest BCUT2D eigenvalue weighted by Gasteiger charge is -2.17. The van der Waals surface area contributed by atoms with Crippen molar-refractivity contribution in [3.63, 3.8) is 0 Å². The highest BCUT2D eigenvalue weighted by Crippen LogP contribution is 2.26. The molecule has 9 heteroatoms. The number of aromatic nitrogens is 1. The lowest BCUT2D eigenvalue weighted by Crippen LogP contribution is -2.33. The van der Waals surface area contributed by atoms with Gasteiger partial charge in [0, 0.05) is 44.0 Å². The number of β-amino-alcohol motifs (C(OH)–C–C–N with tert-alkyl or cyclic N) is 1. The lowest BCUT2D eigenvalue weighted by atomic mass is 10.1. The van der Waals surface area contributed by atoms with Gasteiger partial charge < -0.3 is 5.11 Å². The van der Waals surface area contributed by atoms with Crippen molar-refractivity contribution in [3.8, 4) is 11.3 Å². The number of benzene rings is 1. The number of hydrogen-bond acceptors (Lipinski definition) is 6. The summed E-state index contributed by atoms with van der Waals surface area (Å²) in [6.07, 6.45) is -0.666. The van der Waals surface area contributed by atoms with Crippen LogP contribution in [0.2, 0.25) is 0 Å². The molecule has 1 aromatic heterocycles. The van der Waals surface area contributed by atoms with E-state index in [4.69, 9.17) is 0 Å². The molecule has 1 aliphatic heterocycles. The standard InChI is InChI=1S/C17H22FN3O3S2/c1-20(2)26(23,24)11-13-7-21(8-16(13)22)9-17-19-15(10-25-17)12-3-5-14(18)6-4-12/h3-6,10,13,16,22H,7-9,11H2,1-2H3/t13-,16+/m0/s1. The second-order valence-corrected chi connectivity index (χ2v) is 9.89. The molecule has 0 aliphatic carbocycles. The molecule has 0 saturated carbocycles. The first-order valence-corrected chi connectivity index (χ1v) is 10.7. The predicted molar refractivity (Wildman–Crippen MR) is 99.8 cm³/mol. The maximum absolute atomic E-state index is 13.0. The Balaban J connectivity index is 1.63. The van der Waals surface area contributed by atoms with E-state index in [-0.39, 0.29) is 17.5 Å². The highest BCUT2D eigenvalue weighted by atomic mass is 32.2. The Hall–Kier alpha value is -1.39. The third-order valence-electron chi connectivity index (χ3n) is 4.51. The first kappa shape index (κ1) is 19.4. The summed E-state index contributed by atoms with van der Waals surface area (Å²) in [6.45, 7) is 1.50. The fourth-order valence-corrected chi connectivity index (χ4v) is 4.99. The van der Waals surface area contributed by atoms with Gasteiger partial charge in [0.2, 0.25) is 10.0 Å². The second kappa shape index (κ2) is 7.69. The molecule has 6 nitrogen and oxygen atoms in total. The molecule has 1 N–H and O–H groups in total. The molecule has 26 heavy (non-hydrogen) atoms. The average Bonchev–Trinajstić information content (AvgIpc) is 3.15. The van der Waals surface area contributed by atoms with Crippen molar-refractivity contribution in [2.45, 2.75) is 12.6 Å². The molecular weight excluding hydrogens is 377 g/mol. The fraction of sp³-hybridized carbons (Fsp3) is 0.471. The number of halogens is 1. The van der Waals surface area contributed by atoms with Crippen molar-refractivity contribution >= 4 is 21.4 Å². The number of rotatable bonds is 6. The summed E-state index contributed by atoms with van der Waals surface area (Å²) in [7, 11) is -0.341. The molecule has 0 spiro atoms. The topological polar surface area (TPSA) is 73.7 Å². The van der Waals surface area contributed by atoms with Gasteiger partial charge in [0.25, 0.3) is 0 Å². The normalized spacial score (nSPS) is 21.6. The lowest BCUT2D eigenvalue weighted by molar-refractivity contribution is 0.148. The van der Waals surface area contributed by atoms with Gasteiger partial charge in [0.05, 0.1) is 24.1 Å². The van der Waals surface area contributed by atoms with Gasteiger partial charge in [-0.25, -0.2) is 22.1 Å². The molecule has 2 aromatic rings. The van der Waals surface area contributed by atoms with Crippen LogP contribution in [0, 0.1) is 11.7 Å². The van der Waals surface area contributed by atoms with Gasteiger partial charge in [0.1, 0.15) is 10.8 Å². The summed E-state index contributed by atoms with van der Waals surface area (Å²) in [5.41, 5.74) is 1.64. The van der Waals surface area contributed by atoms with Crippen LogP contribution in [0.3, 0.4) is 0 Å². The SMILES string of the molecule is CN(C)S(=O)(=O)C[C@@H]1CN(Cc2nc(-c3ccc(F)cc3)cs2)C[C@H]1O. The fourth-order valence-electron chi connectivity index (χ4n) is 2.98. The van der Waals surface area contributed by atoms with Gasteiger partial charge in [0.15, 0.2) is 0 Å². The van der Waals surface area contributed by atoms with Crippen LogP contribution in [-0.2, 0) is 16.6 Å². The van der Waals surface area contributed by atoms with Crippen LogP contribution in [0.1, 0.15) is 5.01 Å².